The maximum absolute atomic E-state index is 12.3. The monoisotopic (exact) mass is 242 g/mol. The normalized spacial score (nSPS) is 26.8. The van der Waals surface area contributed by atoms with Crippen LogP contribution in [-0.4, -0.2) is 62.4 Å². The zero-order valence-electron chi connectivity index (χ0n) is 10.5. The molecule has 0 saturated carbocycles. The number of nitrogens with one attached hydrogen (secondary N) is 1. The molecule has 1 unspecified atom stereocenters. The summed E-state index contributed by atoms with van der Waals surface area (Å²) in [6, 6.07) is 0.360. The molecular formula is C12H22N2O3. The number of rotatable bonds is 3. The molecule has 1 N–H and O–H groups in total. The molecule has 5 nitrogen and oxygen atoms in total. The fourth-order valence-electron chi connectivity index (χ4n) is 2.53. The zero-order valence-corrected chi connectivity index (χ0v) is 10.5. The van der Waals surface area contributed by atoms with Crippen LogP contribution in [0.1, 0.15) is 19.8 Å². The van der Waals surface area contributed by atoms with Gasteiger partial charge in [-0.05, 0) is 32.9 Å². The Kier molecular flexibility index (Phi) is 4.76. The number of hydrogen-bond donors (Lipinski definition) is 1. The second-order valence-corrected chi connectivity index (χ2v) is 4.54. The maximum Gasteiger partial charge on any atom is 0.254 e. The fraction of sp³-hybridized carbons (Fsp3) is 0.917. The first-order valence-electron chi connectivity index (χ1n) is 6.53. The molecule has 0 radical (unpaired) electrons. The summed E-state index contributed by atoms with van der Waals surface area (Å²) < 4.78 is 10.8. The third-order valence-corrected chi connectivity index (χ3v) is 3.46. The number of piperidine rings is 1. The van der Waals surface area contributed by atoms with Crippen molar-refractivity contribution in [1.29, 1.82) is 0 Å². The molecule has 0 aromatic heterocycles. The quantitative estimate of drug-likeness (QED) is 0.757. The van der Waals surface area contributed by atoms with E-state index >= 15 is 0 Å². The second-order valence-electron chi connectivity index (χ2n) is 4.54. The largest absolute Gasteiger partial charge is 0.376 e. The summed E-state index contributed by atoms with van der Waals surface area (Å²) in [5, 5.41) is 3.32. The number of amides is 1. The highest BCUT2D eigenvalue weighted by Crippen LogP contribution is 2.15. The summed E-state index contributed by atoms with van der Waals surface area (Å²) in [6.45, 7) is 6.31. The highest BCUT2D eigenvalue weighted by molar-refractivity contribution is 5.81. The number of ether oxygens (including phenoxy) is 2. The SMILES string of the molecule is CCN(C(=O)C1COCCO1)C1CCNCC1. The second kappa shape index (κ2) is 6.33. The van der Waals surface area contributed by atoms with Gasteiger partial charge in [0.1, 0.15) is 0 Å². The summed E-state index contributed by atoms with van der Waals surface area (Å²) in [5.41, 5.74) is 0. The molecule has 2 saturated heterocycles. The Morgan fingerprint density at radius 3 is 2.71 bits per heavy atom. The minimum absolute atomic E-state index is 0.0964. The Hall–Kier alpha value is -0.650. The first-order chi connectivity index (χ1) is 8.33. The van der Waals surface area contributed by atoms with Gasteiger partial charge in [0.05, 0.1) is 19.8 Å². The van der Waals surface area contributed by atoms with E-state index in [0.717, 1.165) is 32.5 Å². The van der Waals surface area contributed by atoms with Crippen LogP contribution in [0.25, 0.3) is 0 Å². The van der Waals surface area contributed by atoms with E-state index in [1.807, 2.05) is 11.8 Å². The standard InChI is InChI=1S/C12H22N2O3/c1-2-14(10-3-5-13-6-4-10)12(15)11-9-16-7-8-17-11/h10-11,13H,2-9H2,1H3. The molecule has 0 aromatic carbocycles. The van der Waals surface area contributed by atoms with Crippen LogP contribution < -0.4 is 5.32 Å². The Morgan fingerprint density at radius 1 is 1.35 bits per heavy atom. The van der Waals surface area contributed by atoms with Gasteiger partial charge in [0.15, 0.2) is 6.10 Å². The van der Waals surface area contributed by atoms with E-state index in [1.165, 1.54) is 0 Å². The van der Waals surface area contributed by atoms with Crippen LogP contribution in [0.3, 0.4) is 0 Å². The van der Waals surface area contributed by atoms with Crippen molar-refractivity contribution in [3.8, 4) is 0 Å². The average Bonchev–Trinajstić information content (AvgIpc) is 2.42. The molecule has 2 heterocycles. The fourth-order valence-corrected chi connectivity index (χ4v) is 2.53. The molecule has 2 rings (SSSR count). The highest BCUT2D eigenvalue weighted by Gasteiger charge is 2.31. The molecule has 0 spiro atoms. The van der Waals surface area contributed by atoms with Crippen molar-refractivity contribution in [2.45, 2.75) is 31.9 Å². The first kappa shape index (κ1) is 12.8. The van der Waals surface area contributed by atoms with Gasteiger partial charge in [-0.15, -0.1) is 0 Å². The van der Waals surface area contributed by atoms with Crippen molar-refractivity contribution < 1.29 is 14.3 Å². The van der Waals surface area contributed by atoms with Gasteiger partial charge in [-0.3, -0.25) is 4.79 Å². The van der Waals surface area contributed by atoms with Crippen LogP contribution in [0.15, 0.2) is 0 Å². The molecule has 2 aliphatic heterocycles. The van der Waals surface area contributed by atoms with Gasteiger partial charge >= 0.3 is 0 Å². The van der Waals surface area contributed by atoms with Crippen molar-refractivity contribution in [2.24, 2.45) is 0 Å². The third-order valence-electron chi connectivity index (χ3n) is 3.46. The van der Waals surface area contributed by atoms with Gasteiger partial charge in [0.25, 0.3) is 5.91 Å². The van der Waals surface area contributed by atoms with Crippen LogP contribution in [-0.2, 0) is 14.3 Å². The summed E-state index contributed by atoms with van der Waals surface area (Å²) in [4.78, 5) is 14.3. The Labute approximate surface area is 102 Å². The molecule has 2 fully saturated rings. The van der Waals surface area contributed by atoms with E-state index in [1.54, 1.807) is 0 Å². The topological polar surface area (TPSA) is 50.8 Å². The van der Waals surface area contributed by atoms with Crippen LogP contribution in [0.2, 0.25) is 0 Å². The molecular weight excluding hydrogens is 220 g/mol. The Bertz CT molecular complexity index is 248. The number of likely N-dealkylation sites (N-methyl/N-ethyl adjacent to an activating group) is 1. The number of carbonyl (C=O) groups is 1. The van der Waals surface area contributed by atoms with E-state index in [-0.39, 0.29) is 5.91 Å². The predicted molar refractivity (Wildman–Crippen MR) is 63.8 cm³/mol. The number of hydrogen-bond acceptors (Lipinski definition) is 4. The molecule has 0 aromatic rings. The number of nitrogens with zero attached hydrogens (tertiary/aromatic N) is 1. The smallest absolute Gasteiger partial charge is 0.254 e. The molecule has 5 heteroatoms. The lowest BCUT2D eigenvalue weighted by molar-refractivity contribution is -0.160. The summed E-state index contributed by atoms with van der Waals surface area (Å²) in [7, 11) is 0. The number of carbonyl (C=O) groups excluding carboxylic acids is 1. The van der Waals surface area contributed by atoms with E-state index in [0.29, 0.717) is 25.9 Å². The van der Waals surface area contributed by atoms with E-state index in [9.17, 15) is 4.79 Å². The van der Waals surface area contributed by atoms with Crippen molar-refractivity contribution in [2.75, 3.05) is 39.5 Å². The lowest BCUT2D eigenvalue weighted by Gasteiger charge is -2.36. The molecule has 17 heavy (non-hydrogen) atoms. The summed E-state index contributed by atoms with van der Waals surface area (Å²) in [6.07, 6.45) is 1.68. The van der Waals surface area contributed by atoms with E-state index in [4.69, 9.17) is 9.47 Å². The Balaban J connectivity index is 1.93. The molecule has 2 aliphatic rings. The van der Waals surface area contributed by atoms with Gasteiger partial charge < -0.3 is 19.7 Å². The average molecular weight is 242 g/mol. The summed E-state index contributed by atoms with van der Waals surface area (Å²) >= 11 is 0. The van der Waals surface area contributed by atoms with Crippen LogP contribution in [0.5, 0.6) is 0 Å². The minimum atomic E-state index is -0.390. The van der Waals surface area contributed by atoms with E-state index < -0.39 is 6.10 Å². The Morgan fingerprint density at radius 2 is 2.12 bits per heavy atom. The van der Waals surface area contributed by atoms with E-state index in [2.05, 4.69) is 5.32 Å². The van der Waals surface area contributed by atoms with Gasteiger partial charge in [-0.25, -0.2) is 0 Å². The zero-order chi connectivity index (χ0) is 12.1. The lowest BCUT2D eigenvalue weighted by atomic mass is 10.0. The van der Waals surface area contributed by atoms with Crippen molar-refractivity contribution in [3.05, 3.63) is 0 Å². The molecule has 98 valence electrons. The predicted octanol–water partition coefficient (Wildman–Crippen LogP) is 0.00230. The molecule has 0 aliphatic carbocycles. The van der Waals surface area contributed by atoms with Crippen LogP contribution >= 0.6 is 0 Å². The van der Waals surface area contributed by atoms with Crippen LogP contribution in [0.4, 0.5) is 0 Å². The lowest BCUT2D eigenvalue weighted by Crippen LogP contribution is -2.52. The molecule has 1 amide bonds. The van der Waals surface area contributed by atoms with Crippen molar-refractivity contribution in [3.63, 3.8) is 0 Å². The van der Waals surface area contributed by atoms with Gasteiger partial charge in [-0.1, -0.05) is 0 Å². The van der Waals surface area contributed by atoms with Gasteiger partial charge in [0.2, 0.25) is 0 Å². The molecule has 1 atom stereocenters. The highest BCUT2D eigenvalue weighted by atomic mass is 16.6. The summed E-state index contributed by atoms with van der Waals surface area (Å²) in [5.74, 6) is 0.0964. The molecule has 0 bridgehead atoms. The minimum Gasteiger partial charge on any atom is -0.376 e. The maximum atomic E-state index is 12.3. The van der Waals surface area contributed by atoms with Crippen LogP contribution in [0, 0.1) is 0 Å². The first-order valence-corrected chi connectivity index (χ1v) is 6.53. The van der Waals surface area contributed by atoms with Gasteiger partial charge in [0, 0.05) is 12.6 Å². The van der Waals surface area contributed by atoms with Crippen molar-refractivity contribution >= 4 is 5.91 Å². The van der Waals surface area contributed by atoms with Crippen molar-refractivity contribution in [1.82, 2.24) is 10.2 Å². The third kappa shape index (κ3) is 3.18. The van der Waals surface area contributed by atoms with Gasteiger partial charge in [-0.2, -0.15) is 0 Å².